The summed E-state index contributed by atoms with van der Waals surface area (Å²) in [5.74, 6) is 0.327. The lowest BCUT2D eigenvalue weighted by molar-refractivity contribution is -0.135. The lowest BCUT2D eigenvalue weighted by Gasteiger charge is -2.26. The second-order valence-corrected chi connectivity index (χ2v) is 5.93. The van der Waals surface area contributed by atoms with E-state index in [9.17, 15) is 4.79 Å². The van der Waals surface area contributed by atoms with E-state index in [4.69, 9.17) is 4.74 Å². The summed E-state index contributed by atoms with van der Waals surface area (Å²) in [5.41, 5.74) is 0. The Morgan fingerprint density at radius 1 is 0.850 bits per heavy atom. The van der Waals surface area contributed by atoms with E-state index in [1.807, 2.05) is 4.90 Å². The number of ether oxygens (including phenoxy) is 1. The Balaban J connectivity index is 1.83. The van der Waals surface area contributed by atoms with Gasteiger partial charge in [0.15, 0.2) is 0 Å². The fourth-order valence-corrected chi connectivity index (χ4v) is 2.73. The molecule has 1 saturated heterocycles. The Morgan fingerprint density at radius 2 is 1.35 bits per heavy atom. The fourth-order valence-electron chi connectivity index (χ4n) is 2.73. The molecular weight excluding hydrogens is 250 g/mol. The van der Waals surface area contributed by atoms with Gasteiger partial charge in [0.25, 0.3) is 0 Å². The molecule has 0 aromatic carbocycles. The molecule has 1 heterocycles. The Morgan fingerprint density at radius 3 is 1.90 bits per heavy atom. The molecule has 3 nitrogen and oxygen atoms in total. The minimum Gasteiger partial charge on any atom is -0.378 e. The monoisotopic (exact) mass is 283 g/mol. The van der Waals surface area contributed by atoms with Crippen LogP contribution in [0.5, 0.6) is 0 Å². The molecule has 0 atom stereocenters. The van der Waals surface area contributed by atoms with Gasteiger partial charge in [-0.25, -0.2) is 0 Å². The summed E-state index contributed by atoms with van der Waals surface area (Å²) in [7, 11) is 0. The van der Waals surface area contributed by atoms with Crippen molar-refractivity contribution < 1.29 is 9.53 Å². The van der Waals surface area contributed by atoms with Gasteiger partial charge in [-0.3, -0.25) is 4.79 Å². The molecule has 0 aromatic heterocycles. The van der Waals surface area contributed by atoms with Crippen molar-refractivity contribution in [3.05, 3.63) is 0 Å². The van der Waals surface area contributed by atoms with Crippen molar-refractivity contribution >= 4 is 5.91 Å². The molecule has 0 bridgehead atoms. The Bertz CT molecular complexity index is 237. The number of rotatable bonds is 11. The molecule has 0 saturated carbocycles. The predicted octanol–water partition coefficient (Wildman–Crippen LogP) is 4.16. The number of carbonyl (C=O) groups excluding carboxylic acids is 1. The maximum Gasteiger partial charge on any atom is 0.222 e. The zero-order valence-electron chi connectivity index (χ0n) is 13.4. The molecule has 3 heteroatoms. The number of hydrogen-bond donors (Lipinski definition) is 0. The van der Waals surface area contributed by atoms with E-state index in [1.165, 1.54) is 57.8 Å². The van der Waals surface area contributed by atoms with Crippen LogP contribution in [0.3, 0.4) is 0 Å². The van der Waals surface area contributed by atoms with E-state index in [0.29, 0.717) is 19.1 Å². The Kier molecular flexibility index (Phi) is 10.7. The average Bonchev–Trinajstić information content (AvgIpc) is 2.50. The molecule has 0 spiro atoms. The first-order valence-corrected chi connectivity index (χ1v) is 8.70. The summed E-state index contributed by atoms with van der Waals surface area (Å²) in [6, 6.07) is 0. The minimum atomic E-state index is 0.327. The van der Waals surface area contributed by atoms with Crippen LogP contribution in [0.2, 0.25) is 0 Å². The van der Waals surface area contributed by atoms with Crippen molar-refractivity contribution in [3.63, 3.8) is 0 Å². The predicted molar refractivity (Wildman–Crippen MR) is 83.9 cm³/mol. The van der Waals surface area contributed by atoms with Gasteiger partial charge in [-0.1, -0.05) is 64.7 Å². The summed E-state index contributed by atoms with van der Waals surface area (Å²) in [6.07, 6.45) is 14.0. The smallest absolute Gasteiger partial charge is 0.222 e. The van der Waals surface area contributed by atoms with Crippen molar-refractivity contribution in [1.82, 2.24) is 4.90 Å². The Hall–Kier alpha value is -0.570. The highest BCUT2D eigenvalue weighted by Crippen LogP contribution is 2.12. The molecule has 118 valence electrons. The topological polar surface area (TPSA) is 29.5 Å². The number of morpholine rings is 1. The van der Waals surface area contributed by atoms with Crippen molar-refractivity contribution in [2.75, 3.05) is 26.3 Å². The van der Waals surface area contributed by atoms with Crippen molar-refractivity contribution in [1.29, 1.82) is 0 Å². The van der Waals surface area contributed by atoms with Crippen LogP contribution in [0.15, 0.2) is 0 Å². The highest BCUT2D eigenvalue weighted by Gasteiger charge is 2.15. The molecule has 1 aliphatic heterocycles. The molecule has 0 radical (unpaired) electrons. The normalized spacial score (nSPS) is 15.6. The standard InChI is InChI=1S/C17H33NO2/c1-2-3-4-5-6-7-8-9-10-11-12-17(19)18-13-15-20-16-14-18/h2-16H2,1H3. The highest BCUT2D eigenvalue weighted by atomic mass is 16.5. The van der Waals surface area contributed by atoms with Gasteiger partial charge >= 0.3 is 0 Å². The third-order valence-corrected chi connectivity index (χ3v) is 4.11. The third kappa shape index (κ3) is 8.57. The molecule has 1 amide bonds. The molecule has 20 heavy (non-hydrogen) atoms. The van der Waals surface area contributed by atoms with Crippen LogP contribution < -0.4 is 0 Å². The van der Waals surface area contributed by atoms with Gasteiger partial charge in [0.1, 0.15) is 0 Å². The van der Waals surface area contributed by atoms with E-state index in [0.717, 1.165) is 25.9 Å². The quantitative estimate of drug-likeness (QED) is 0.533. The second kappa shape index (κ2) is 12.2. The lowest BCUT2D eigenvalue weighted by Crippen LogP contribution is -2.40. The van der Waals surface area contributed by atoms with E-state index >= 15 is 0 Å². The van der Waals surface area contributed by atoms with E-state index in [-0.39, 0.29) is 0 Å². The van der Waals surface area contributed by atoms with Crippen LogP contribution in [0, 0.1) is 0 Å². The van der Waals surface area contributed by atoms with Crippen molar-refractivity contribution in [2.24, 2.45) is 0 Å². The molecule has 1 rings (SSSR count). The molecule has 0 aromatic rings. The number of nitrogens with zero attached hydrogens (tertiary/aromatic N) is 1. The number of carbonyl (C=O) groups is 1. The van der Waals surface area contributed by atoms with Gasteiger partial charge in [-0.2, -0.15) is 0 Å². The van der Waals surface area contributed by atoms with E-state index < -0.39 is 0 Å². The van der Waals surface area contributed by atoms with Crippen LogP contribution in [-0.2, 0) is 9.53 Å². The second-order valence-electron chi connectivity index (χ2n) is 5.93. The van der Waals surface area contributed by atoms with Gasteiger partial charge in [0, 0.05) is 19.5 Å². The van der Waals surface area contributed by atoms with Crippen LogP contribution in [0.25, 0.3) is 0 Å². The van der Waals surface area contributed by atoms with Gasteiger partial charge < -0.3 is 9.64 Å². The molecule has 0 unspecified atom stereocenters. The molecule has 1 aliphatic rings. The first-order chi connectivity index (χ1) is 9.84. The maximum atomic E-state index is 11.9. The molecule has 0 N–H and O–H groups in total. The lowest BCUT2D eigenvalue weighted by atomic mass is 10.1. The number of hydrogen-bond acceptors (Lipinski definition) is 2. The average molecular weight is 283 g/mol. The largest absolute Gasteiger partial charge is 0.378 e. The maximum absolute atomic E-state index is 11.9. The minimum absolute atomic E-state index is 0.327. The van der Waals surface area contributed by atoms with Gasteiger partial charge in [0.05, 0.1) is 13.2 Å². The van der Waals surface area contributed by atoms with E-state index in [2.05, 4.69) is 6.92 Å². The summed E-state index contributed by atoms with van der Waals surface area (Å²) in [6.45, 7) is 5.26. The number of amides is 1. The molecular formula is C17H33NO2. The SMILES string of the molecule is CCCCCCCCCCCCC(=O)N1CCOCC1. The summed E-state index contributed by atoms with van der Waals surface area (Å²) >= 11 is 0. The molecule has 1 fully saturated rings. The van der Waals surface area contributed by atoms with Gasteiger partial charge in [0.2, 0.25) is 5.91 Å². The van der Waals surface area contributed by atoms with Crippen LogP contribution in [0.4, 0.5) is 0 Å². The zero-order chi connectivity index (χ0) is 14.5. The molecule has 0 aliphatic carbocycles. The Labute approximate surface area is 125 Å². The summed E-state index contributed by atoms with van der Waals surface area (Å²) in [4.78, 5) is 13.9. The van der Waals surface area contributed by atoms with Crippen molar-refractivity contribution in [2.45, 2.75) is 77.6 Å². The van der Waals surface area contributed by atoms with Crippen LogP contribution in [-0.4, -0.2) is 37.1 Å². The zero-order valence-corrected chi connectivity index (χ0v) is 13.4. The van der Waals surface area contributed by atoms with Crippen molar-refractivity contribution in [3.8, 4) is 0 Å². The van der Waals surface area contributed by atoms with Gasteiger partial charge in [-0.05, 0) is 6.42 Å². The highest BCUT2D eigenvalue weighted by molar-refractivity contribution is 5.76. The van der Waals surface area contributed by atoms with Gasteiger partial charge in [-0.15, -0.1) is 0 Å². The first-order valence-electron chi connectivity index (χ1n) is 8.70. The van der Waals surface area contributed by atoms with E-state index in [1.54, 1.807) is 0 Å². The summed E-state index contributed by atoms with van der Waals surface area (Å²) in [5, 5.41) is 0. The third-order valence-electron chi connectivity index (χ3n) is 4.11. The fraction of sp³-hybridized carbons (Fsp3) is 0.941. The summed E-state index contributed by atoms with van der Waals surface area (Å²) < 4.78 is 5.26. The number of unbranched alkanes of at least 4 members (excludes halogenated alkanes) is 9. The van der Waals surface area contributed by atoms with Crippen LogP contribution >= 0.6 is 0 Å². The van der Waals surface area contributed by atoms with Crippen LogP contribution in [0.1, 0.15) is 77.6 Å². The first kappa shape index (κ1) is 17.5.